The normalized spacial score (nSPS) is 26.3. The molecule has 2 heterocycles. The number of aliphatic carboxylic acids is 1. The highest BCUT2D eigenvalue weighted by molar-refractivity contribution is 7.16. The van der Waals surface area contributed by atoms with Crippen molar-refractivity contribution in [2.24, 2.45) is 5.41 Å². The fourth-order valence-corrected chi connectivity index (χ4v) is 3.99. The Morgan fingerprint density at radius 3 is 2.89 bits per heavy atom. The number of carbonyl (C=O) groups is 1. The van der Waals surface area contributed by atoms with Gasteiger partial charge in [-0.1, -0.05) is 18.5 Å². The van der Waals surface area contributed by atoms with Crippen LogP contribution in [0.4, 0.5) is 0 Å². The third kappa shape index (κ3) is 2.96. The van der Waals surface area contributed by atoms with Crippen molar-refractivity contribution in [1.29, 1.82) is 0 Å². The lowest BCUT2D eigenvalue weighted by Crippen LogP contribution is -2.48. The summed E-state index contributed by atoms with van der Waals surface area (Å²) < 4.78 is 0.791. The summed E-state index contributed by atoms with van der Waals surface area (Å²) in [5.41, 5.74) is -0.576. The summed E-state index contributed by atoms with van der Waals surface area (Å²) in [7, 11) is 0. The third-order valence-corrected chi connectivity index (χ3v) is 5.69. The Labute approximate surface area is 123 Å². The standard InChI is InChI=1S/C14H20ClNO2S/c1-3-14(13(17)18)7-4-8-16(9-14)10(2)11-5-6-12(15)19-11/h5-6,10H,3-4,7-9H2,1-2H3,(H,17,18). The van der Waals surface area contributed by atoms with Gasteiger partial charge in [0, 0.05) is 17.5 Å². The van der Waals surface area contributed by atoms with Crippen LogP contribution in [0, 0.1) is 5.41 Å². The predicted molar refractivity (Wildman–Crippen MR) is 78.9 cm³/mol. The van der Waals surface area contributed by atoms with Crippen molar-refractivity contribution < 1.29 is 9.90 Å². The van der Waals surface area contributed by atoms with Crippen molar-refractivity contribution in [3.63, 3.8) is 0 Å². The van der Waals surface area contributed by atoms with Crippen LogP contribution in [-0.2, 0) is 4.79 Å². The first-order chi connectivity index (χ1) is 8.98. The molecular formula is C14H20ClNO2S. The Hall–Kier alpha value is -0.580. The summed E-state index contributed by atoms with van der Waals surface area (Å²) >= 11 is 7.57. The molecule has 1 aliphatic rings. The Morgan fingerprint density at radius 2 is 2.37 bits per heavy atom. The van der Waals surface area contributed by atoms with Gasteiger partial charge in [-0.3, -0.25) is 9.69 Å². The van der Waals surface area contributed by atoms with E-state index >= 15 is 0 Å². The number of carboxylic acid groups (broad SMARTS) is 1. The molecule has 1 aromatic heterocycles. The number of rotatable bonds is 4. The summed E-state index contributed by atoms with van der Waals surface area (Å²) in [6.07, 6.45) is 2.42. The van der Waals surface area contributed by atoms with Crippen LogP contribution in [0.15, 0.2) is 12.1 Å². The SMILES string of the molecule is CCC1(C(=O)O)CCCN(C(C)c2ccc(Cl)s2)C1. The number of thiophene rings is 1. The average Bonchev–Trinajstić information content (AvgIpc) is 2.84. The molecule has 5 heteroatoms. The van der Waals surface area contributed by atoms with Gasteiger partial charge in [0.25, 0.3) is 0 Å². The van der Waals surface area contributed by atoms with Gasteiger partial charge in [-0.15, -0.1) is 11.3 Å². The molecule has 3 nitrogen and oxygen atoms in total. The Morgan fingerprint density at radius 1 is 1.63 bits per heavy atom. The lowest BCUT2D eigenvalue weighted by Gasteiger charge is -2.42. The number of hydrogen-bond acceptors (Lipinski definition) is 3. The number of piperidine rings is 1. The zero-order valence-corrected chi connectivity index (χ0v) is 12.9. The van der Waals surface area contributed by atoms with Crippen LogP contribution < -0.4 is 0 Å². The van der Waals surface area contributed by atoms with E-state index in [2.05, 4.69) is 11.8 Å². The van der Waals surface area contributed by atoms with Crippen LogP contribution in [0.25, 0.3) is 0 Å². The largest absolute Gasteiger partial charge is 0.481 e. The second-order valence-corrected chi connectivity index (χ2v) is 7.08. The number of likely N-dealkylation sites (tertiary alicyclic amines) is 1. The highest BCUT2D eigenvalue weighted by Crippen LogP contribution is 2.38. The van der Waals surface area contributed by atoms with Gasteiger partial charge in [0.15, 0.2) is 0 Å². The van der Waals surface area contributed by atoms with E-state index in [4.69, 9.17) is 11.6 Å². The van der Waals surface area contributed by atoms with Crippen LogP contribution in [0.2, 0.25) is 4.34 Å². The van der Waals surface area contributed by atoms with Crippen LogP contribution in [0.1, 0.15) is 44.0 Å². The van der Waals surface area contributed by atoms with Crippen LogP contribution >= 0.6 is 22.9 Å². The molecule has 0 radical (unpaired) electrons. The maximum atomic E-state index is 11.6. The van der Waals surface area contributed by atoms with Gasteiger partial charge >= 0.3 is 5.97 Å². The van der Waals surface area contributed by atoms with Gasteiger partial charge in [0.05, 0.1) is 9.75 Å². The number of hydrogen-bond donors (Lipinski definition) is 1. The molecule has 2 rings (SSSR count). The number of halogens is 1. The molecule has 2 atom stereocenters. The lowest BCUT2D eigenvalue weighted by molar-refractivity contribution is -0.153. The molecule has 1 aromatic rings. The van der Waals surface area contributed by atoms with Gasteiger partial charge in [-0.25, -0.2) is 0 Å². The first-order valence-corrected chi connectivity index (χ1v) is 7.90. The van der Waals surface area contributed by atoms with Gasteiger partial charge in [0.2, 0.25) is 0 Å². The van der Waals surface area contributed by atoms with E-state index in [1.165, 1.54) is 4.88 Å². The average molecular weight is 302 g/mol. The van der Waals surface area contributed by atoms with Crippen LogP contribution in [0.5, 0.6) is 0 Å². The summed E-state index contributed by atoms with van der Waals surface area (Å²) in [6, 6.07) is 4.19. The topological polar surface area (TPSA) is 40.5 Å². The Balaban J connectivity index is 2.15. The first-order valence-electron chi connectivity index (χ1n) is 6.71. The summed E-state index contributed by atoms with van der Waals surface area (Å²) in [5, 5.41) is 9.52. The number of nitrogens with zero attached hydrogens (tertiary/aromatic N) is 1. The molecule has 0 spiro atoms. The van der Waals surface area contributed by atoms with Crippen molar-refractivity contribution in [1.82, 2.24) is 4.90 Å². The Kier molecular flexibility index (Phi) is 4.54. The van der Waals surface area contributed by atoms with Gasteiger partial charge in [-0.2, -0.15) is 0 Å². The summed E-state index contributed by atoms with van der Waals surface area (Å²) in [6.45, 7) is 5.71. The molecular weight excluding hydrogens is 282 g/mol. The zero-order chi connectivity index (χ0) is 14.0. The predicted octanol–water partition coefficient (Wildman–Crippen LogP) is 4.04. The molecule has 1 N–H and O–H groups in total. The molecule has 0 bridgehead atoms. The van der Waals surface area contributed by atoms with Crippen molar-refractivity contribution in [3.05, 3.63) is 21.3 Å². The molecule has 2 unspecified atom stereocenters. The van der Waals surface area contributed by atoms with Crippen LogP contribution in [-0.4, -0.2) is 29.1 Å². The maximum Gasteiger partial charge on any atom is 0.310 e. The van der Waals surface area contributed by atoms with Crippen molar-refractivity contribution in [2.75, 3.05) is 13.1 Å². The molecule has 0 amide bonds. The first kappa shape index (κ1) is 14.8. The smallest absolute Gasteiger partial charge is 0.310 e. The minimum atomic E-state index is -0.656. The molecule has 19 heavy (non-hydrogen) atoms. The van der Waals surface area contributed by atoms with E-state index in [9.17, 15) is 9.90 Å². The van der Waals surface area contributed by atoms with Crippen molar-refractivity contribution >= 4 is 28.9 Å². The van der Waals surface area contributed by atoms with E-state index in [0.29, 0.717) is 13.0 Å². The van der Waals surface area contributed by atoms with E-state index in [1.54, 1.807) is 11.3 Å². The maximum absolute atomic E-state index is 11.6. The van der Waals surface area contributed by atoms with Gasteiger partial charge in [0.1, 0.15) is 0 Å². The molecule has 1 aliphatic heterocycles. The molecule has 1 saturated heterocycles. The van der Waals surface area contributed by atoms with Crippen LogP contribution in [0.3, 0.4) is 0 Å². The highest BCUT2D eigenvalue weighted by Gasteiger charge is 2.42. The fraction of sp³-hybridized carbons (Fsp3) is 0.643. The van der Waals surface area contributed by atoms with E-state index in [0.717, 1.165) is 23.7 Å². The highest BCUT2D eigenvalue weighted by atomic mass is 35.5. The second kappa shape index (κ2) is 5.81. The zero-order valence-electron chi connectivity index (χ0n) is 11.4. The molecule has 0 aliphatic carbocycles. The minimum Gasteiger partial charge on any atom is -0.481 e. The fourth-order valence-electron chi connectivity index (χ4n) is 2.85. The minimum absolute atomic E-state index is 0.239. The Bertz CT molecular complexity index is 462. The van der Waals surface area contributed by atoms with E-state index in [-0.39, 0.29) is 6.04 Å². The van der Waals surface area contributed by atoms with Gasteiger partial charge in [-0.05, 0) is 44.9 Å². The summed E-state index contributed by atoms with van der Waals surface area (Å²) in [4.78, 5) is 15.1. The van der Waals surface area contributed by atoms with E-state index < -0.39 is 11.4 Å². The molecule has 0 saturated carbocycles. The second-order valence-electron chi connectivity index (χ2n) is 5.33. The van der Waals surface area contributed by atoms with E-state index in [1.807, 2.05) is 19.1 Å². The summed E-state index contributed by atoms with van der Waals surface area (Å²) in [5.74, 6) is -0.656. The molecule has 106 valence electrons. The number of carboxylic acids is 1. The van der Waals surface area contributed by atoms with Crippen molar-refractivity contribution in [2.45, 2.75) is 39.2 Å². The quantitative estimate of drug-likeness (QED) is 0.912. The van der Waals surface area contributed by atoms with Crippen molar-refractivity contribution in [3.8, 4) is 0 Å². The van der Waals surface area contributed by atoms with Gasteiger partial charge < -0.3 is 5.11 Å². The lowest BCUT2D eigenvalue weighted by atomic mass is 9.77. The molecule has 0 aromatic carbocycles. The monoisotopic (exact) mass is 301 g/mol. The third-order valence-electron chi connectivity index (χ3n) is 4.29. The molecule has 1 fully saturated rings.